The first-order chi connectivity index (χ1) is 24.6. The molecule has 0 bridgehead atoms. The van der Waals surface area contributed by atoms with Gasteiger partial charge in [0.15, 0.2) is 5.78 Å². The first-order valence-corrected chi connectivity index (χ1v) is 19.1. The number of aromatic nitrogens is 2. The Bertz CT molecular complexity index is 2250. The maximum atomic E-state index is 12.2. The number of carbonyl (C=O) groups excluding carboxylic acids is 1. The number of allylic oxidation sites excluding steroid dienone is 2. The van der Waals surface area contributed by atoms with Gasteiger partial charge in [-0.15, -0.1) is 29.1 Å². The Balaban J connectivity index is 0.000000299. The second kappa shape index (κ2) is 16.7. The molecule has 5 nitrogen and oxygen atoms in total. The topological polar surface area (TPSA) is 76.2 Å². The maximum absolute atomic E-state index is 12.2. The Morgan fingerprint density at radius 2 is 1.47 bits per heavy atom. The summed E-state index contributed by atoms with van der Waals surface area (Å²) < 4.78 is 6.37. The van der Waals surface area contributed by atoms with Crippen molar-refractivity contribution in [3.63, 3.8) is 0 Å². The molecule has 2 heterocycles. The first-order valence-electron chi connectivity index (χ1n) is 19.1. The van der Waals surface area contributed by atoms with Crippen LogP contribution in [0.15, 0.2) is 83.2 Å². The Kier molecular flexibility index (Phi) is 13.2. The SMILES string of the molecule is CC(C)Cc1ccc2c(ccc3c2oc2ncnc(-c4[c-]c5ccccc5c(C(C)(C)C)c4)c23)c1.CCC(C)(CC)C(=O)/C=C(\O)C(C)(CC)CC.[Ir]. The number of aliphatic hydroxyl groups excluding tert-OH is 1. The molecule has 283 valence electrons. The van der Waals surface area contributed by atoms with E-state index in [0.29, 0.717) is 11.6 Å². The third-order valence-electron chi connectivity index (χ3n) is 11.4. The maximum Gasteiger partial charge on any atom is 0.223 e. The largest absolute Gasteiger partial charge is 0.512 e. The van der Waals surface area contributed by atoms with Crippen molar-refractivity contribution >= 4 is 49.4 Å². The summed E-state index contributed by atoms with van der Waals surface area (Å²) in [5.74, 6) is 0.908. The van der Waals surface area contributed by atoms with Crippen LogP contribution in [-0.4, -0.2) is 20.9 Å². The predicted molar refractivity (Wildman–Crippen MR) is 219 cm³/mol. The zero-order valence-electron chi connectivity index (χ0n) is 33.5. The minimum absolute atomic E-state index is 0. The average molecular weight is 890 g/mol. The summed E-state index contributed by atoms with van der Waals surface area (Å²) in [7, 11) is 0. The second-order valence-electron chi connectivity index (χ2n) is 16.4. The molecule has 0 atom stereocenters. The van der Waals surface area contributed by atoms with Crippen molar-refractivity contribution in [3.8, 4) is 11.3 Å². The van der Waals surface area contributed by atoms with Crippen LogP contribution in [-0.2, 0) is 36.7 Å². The van der Waals surface area contributed by atoms with Crippen LogP contribution in [0.4, 0.5) is 0 Å². The average Bonchev–Trinajstić information content (AvgIpc) is 3.52. The van der Waals surface area contributed by atoms with Gasteiger partial charge in [0.2, 0.25) is 5.71 Å². The van der Waals surface area contributed by atoms with Gasteiger partial charge in [-0.3, -0.25) is 9.78 Å². The van der Waals surface area contributed by atoms with Crippen molar-refractivity contribution in [1.29, 1.82) is 0 Å². The summed E-state index contributed by atoms with van der Waals surface area (Å²) in [4.78, 5) is 21.4. The normalized spacial score (nSPS) is 12.7. The molecule has 0 aliphatic carbocycles. The van der Waals surface area contributed by atoms with E-state index in [-0.39, 0.29) is 47.9 Å². The number of hydrogen-bond acceptors (Lipinski definition) is 5. The third-order valence-corrected chi connectivity index (χ3v) is 11.4. The van der Waals surface area contributed by atoms with Gasteiger partial charge in [-0.25, -0.2) is 4.98 Å². The smallest absolute Gasteiger partial charge is 0.223 e. The van der Waals surface area contributed by atoms with E-state index in [1.807, 2.05) is 41.5 Å². The van der Waals surface area contributed by atoms with E-state index in [4.69, 9.17) is 9.40 Å². The number of furan rings is 1. The number of benzene rings is 4. The van der Waals surface area contributed by atoms with E-state index < -0.39 is 0 Å². The molecule has 53 heavy (non-hydrogen) atoms. The molecule has 6 heteroatoms. The van der Waals surface area contributed by atoms with Gasteiger partial charge in [-0.2, -0.15) is 0 Å². The van der Waals surface area contributed by atoms with Crippen LogP contribution in [0.2, 0.25) is 0 Å². The number of fused-ring (bicyclic) bond motifs is 6. The molecule has 0 aliphatic rings. The van der Waals surface area contributed by atoms with Gasteiger partial charge in [0.1, 0.15) is 17.7 Å². The fourth-order valence-electron chi connectivity index (χ4n) is 6.91. The molecule has 0 amide bonds. The Morgan fingerprint density at radius 1 is 0.830 bits per heavy atom. The minimum Gasteiger partial charge on any atom is -0.512 e. The van der Waals surface area contributed by atoms with E-state index >= 15 is 0 Å². The summed E-state index contributed by atoms with van der Waals surface area (Å²) in [5.41, 5.74) is 5.33. The molecule has 0 unspecified atom stereocenters. The molecule has 2 aromatic heterocycles. The van der Waals surface area contributed by atoms with Gasteiger partial charge in [0, 0.05) is 58.9 Å². The first kappa shape index (κ1) is 41.9. The summed E-state index contributed by atoms with van der Waals surface area (Å²) in [6.45, 7) is 23.3. The Hall–Kier alpha value is -3.86. The van der Waals surface area contributed by atoms with Crippen LogP contribution in [0.25, 0.3) is 54.9 Å². The quantitative estimate of drug-likeness (QED) is 0.0842. The van der Waals surface area contributed by atoms with Crippen LogP contribution in [0, 0.1) is 22.8 Å². The van der Waals surface area contributed by atoms with Gasteiger partial charge < -0.3 is 9.52 Å². The molecular weight excluding hydrogens is 833 g/mol. The monoisotopic (exact) mass is 890 g/mol. The van der Waals surface area contributed by atoms with E-state index in [1.165, 1.54) is 28.0 Å². The summed E-state index contributed by atoms with van der Waals surface area (Å²) in [6.07, 6.45) is 7.42. The van der Waals surface area contributed by atoms with Crippen molar-refractivity contribution in [2.75, 3.05) is 0 Å². The number of carbonyl (C=O) groups is 1. The van der Waals surface area contributed by atoms with Crippen molar-refractivity contribution in [3.05, 3.63) is 96.0 Å². The van der Waals surface area contributed by atoms with E-state index in [1.54, 1.807) is 6.33 Å². The van der Waals surface area contributed by atoms with Crippen LogP contribution in [0.3, 0.4) is 0 Å². The summed E-state index contributed by atoms with van der Waals surface area (Å²) in [6, 6.07) is 25.4. The van der Waals surface area contributed by atoms with Crippen LogP contribution in [0.5, 0.6) is 0 Å². The third kappa shape index (κ3) is 8.60. The molecule has 4 aromatic carbocycles. The second-order valence-corrected chi connectivity index (χ2v) is 16.4. The Morgan fingerprint density at radius 3 is 2.09 bits per heavy atom. The fraction of sp³-hybridized carbons (Fsp3) is 0.426. The molecule has 0 aliphatic heterocycles. The molecule has 6 rings (SSSR count). The van der Waals surface area contributed by atoms with E-state index in [0.717, 1.165) is 70.5 Å². The van der Waals surface area contributed by atoms with Crippen LogP contribution in [0.1, 0.15) is 113 Å². The standard InChI is InChI=1S/C32H29N2O.C15H28O2.Ir/c1-19(2)14-20-10-12-25-22(15-20)11-13-26-28-29(33-18-34-31(28)35-30(25)26)23-16-21-8-6-7-9-24(21)27(17-23)32(3,4)5;1-7-14(5,8-2)12(16)11-13(17)15(6,9-3)10-4;/h6-13,15,17-19H,14H2,1-5H3;11,16H,7-10H2,1-6H3;/q-1;;/b;12-11-;. The van der Waals surface area contributed by atoms with Gasteiger partial charge in [0.25, 0.3) is 0 Å². The van der Waals surface area contributed by atoms with E-state index in [9.17, 15) is 9.90 Å². The number of hydrogen-bond donors (Lipinski definition) is 1. The van der Waals surface area contributed by atoms with Gasteiger partial charge in [0.05, 0.1) is 0 Å². The van der Waals surface area contributed by atoms with Crippen molar-refractivity contribution < 1.29 is 34.4 Å². The zero-order valence-corrected chi connectivity index (χ0v) is 35.9. The molecule has 0 saturated carbocycles. The zero-order chi connectivity index (χ0) is 38.0. The van der Waals surface area contributed by atoms with Gasteiger partial charge in [-0.05, 0) is 54.4 Å². The predicted octanol–water partition coefficient (Wildman–Crippen LogP) is 13.3. The number of ketones is 1. The molecule has 0 fully saturated rings. The van der Waals surface area contributed by atoms with Gasteiger partial charge in [-0.1, -0.05) is 136 Å². The van der Waals surface area contributed by atoms with Crippen molar-refractivity contribution in [2.24, 2.45) is 16.7 Å². The minimum atomic E-state index is -0.337. The van der Waals surface area contributed by atoms with Crippen LogP contribution >= 0.6 is 0 Å². The fourth-order valence-corrected chi connectivity index (χ4v) is 6.91. The van der Waals surface area contributed by atoms with Crippen LogP contribution < -0.4 is 0 Å². The Labute approximate surface area is 330 Å². The number of rotatable bonds is 10. The molecule has 1 N–H and O–H groups in total. The van der Waals surface area contributed by atoms with Crippen molar-refractivity contribution in [2.45, 2.75) is 114 Å². The molecule has 6 aromatic rings. The number of nitrogens with zero attached hydrogens (tertiary/aromatic N) is 2. The van der Waals surface area contributed by atoms with Gasteiger partial charge >= 0.3 is 0 Å². The van der Waals surface area contributed by atoms with E-state index in [2.05, 4.69) is 106 Å². The molecule has 0 spiro atoms. The molecule has 0 saturated heterocycles. The molecule has 1 radical (unpaired) electrons. The summed E-state index contributed by atoms with van der Waals surface area (Å²) >= 11 is 0. The number of aliphatic hydroxyl groups is 1. The summed E-state index contributed by atoms with van der Waals surface area (Å²) in [5, 5.41) is 16.7. The molecular formula is C47H57IrN2O3-. The van der Waals surface area contributed by atoms with Crippen molar-refractivity contribution in [1.82, 2.24) is 9.97 Å².